The van der Waals surface area contributed by atoms with Gasteiger partial charge in [-0.25, -0.2) is 0 Å². The second kappa shape index (κ2) is 7.84. The van der Waals surface area contributed by atoms with Crippen LogP contribution in [-0.4, -0.2) is 21.6 Å². The molecule has 0 bridgehead atoms. The van der Waals surface area contributed by atoms with Crippen LogP contribution in [0, 0.1) is 17.9 Å². The molecule has 3 nitrogen and oxygen atoms in total. The van der Waals surface area contributed by atoms with Gasteiger partial charge in [0.2, 0.25) is 0 Å². The Balaban J connectivity index is 1.42. The quantitative estimate of drug-likeness (QED) is 0.128. The summed E-state index contributed by atoms with van der Waals surface area (Å²) in [6.45, 7) is 7.64. The van der Waals surface area contributed by atoms with E-state index in [0.29, 0.717) is 0 Å². The molecular formula is C32H23N3Se. The molecule has 0 radical (unpaired) electrons. The average molecular weight is 529 g/mol. The summed E-state index contributed by atoms with van der Waals surface area (Å²) in [5.74, 6) is 0. The Bertz CT molecular complexity index is 1670. The van der Waals surface area contributed by atoms with Crippen LogP contribution in [0.15, 0.2) is 78.5 Å². The van der Waals surface area contributed by atoms with Gasteiger partial charge in [0.25, 0.3) is 0 Å². The van der Waals surface area contributed by atoms with Crippen molar-refractivity contribution in [1.82, 2.24) is 0 Å². The number of anilines is 2. The molecule has 4 heteroatoms. The SMILES string of the molecule is [C-]#[N+]/C(C#N)=C1/c2ccccc2-c2ccc(-c3cc4c([se]3)C3(CCCC3)c3ccccc3N4C)cc21. The first-order valence-electron chi connectivity index (χ1n) is 12.4. The maximum atomic E-state index is 9.75. The Kier molecular flexibility index (Phi) is 4.67. The number of hydrogen-bond donors (Lipinski definition) is 0. The Morgan fingerprint density at radius 1 is 0.917 bits per heavy atom. The summed E-state index contributed by atoms with van der Waals surface area (Å²) >= 11 is 0.225. The standard InChI is InChI=1S/C32H23N3Se/c1-34-26(19-33)30-23-10-4-3-9-21(23)22-14-13-20(17-24(22)30)29-18-28-31(36-29)32(15-7-8-16-32)25-11-5-6-12-27(25)35(28)2/h3-6,9-14,17-18H,7-8,15-16H2,2H3/b30-26-. The van der Waals surface area contributed by atoms with E-state index in [9.17, 15) is 5.26 Å². The van der Waals surface area contributed by atoms with Crippen molar-refractivity contribution in [1.29, 1.82) is 5.26 Å². The van der Waals surface area contributed by atoms with Crippen LogP contribution >= 0.6 is 0 Å². The van der Waals surface area contributed by atoms with Crippen LogP contribution in [-0.2, 0) is 5.41 Å². The number of fused-ring (bicyclic) bond motifs is 7. The van der Waals surface area contributed by atoms with Crippen LogP contribution in [0.1, 0.15) is 46.8 Å². The number of nitriles is 1. The van der Waals surface area contributed by atoms with Gasteiger partial charge in [0, 0.05) is 0 Å². The van der Waals surface area contributed by atoms with E-state index in [2.05, 4.69) is 77.5 Å². The number of hydrogen-bond acceptors (Lipinski definition) is 2. The molecule has 3 aliphatic rings. The Morgan fingerprint density at radius 3 is 2.42 bits per heavy atom. The number of nitrogens with zero attached hydrogens (tertiary/aromatic N) is 3. The fraction of sp³-hybridized carbons (Fsp3) is 0.188. The summed E-state index contributed by atoms with van der Waals surface area (Å²) in [5.41, 5.74) is 10.8. The van der Waals surface area contributed by atoms with Crippen LogP contribution in [0.5, 0.6) is 0 Å². The zero-order valence-electron chi connectivity index (χ0n) is 20.0. The van der Waals surface area contributed by atoms with Gasteiger partial charge >= 0.3 is 218 Å². The van der Waals surface area contributed by atoms with Crippen LogP contribution in [0.3, 0.4) is 0 Å². The van der Waals surface area contributed by atoms with E-state index in [-0.39, 0.29) is 25.6 Å². The van der Waals surface area contributed by atoms with Crippen molar-refractivity contribution < 1.29 is 0 Å². The van der Waals surface area contributed by atoms with E-state index in [1.807, 2.05) is 18.2 Å². The third kappa shape index (κ3) is 2.78. The van der Waals surface area contributed by atoms with E-state index in [4.69, 9.17) is 6.57 Å². The summed E-state index contributed by atoms with van der Waals surface area (Å²) in [6.07, 6.45) is 5.06. The van der Waals surface area contributed by atoms with Crippen LogP contribution in [0.25, 0.3) is 31.5 Å². The van der Waals surface area contributed by atoms with E-state index in [0.717, 1.165) is 27.8 Å². The Labute approximate surface area is 217 Å². The number of rotatable bonds is 1. The average Bonchev–Trinajstić information content (AvgIpc) is 3.66. The first kappa shape index (κ1) is 21.5. The van der Waals surface area contributed by atoms with E-state index in [1.54, 1.807) is 4.44 Å². The number of para-hydroxylation sites is 1. The monoisotopic (exact) mass is 529 g/mol. The molecule has 1 fully saturated rings. The first-order valence-corrected chi connectivity index (χ1v) is 14.1. The summed E-state index contributed by atoms with van der Waals surface area (Å²) in [6, 6.07) is 28.3. The normalized spacial score (nSPS) is 17.6. The molecule has 2 aliphatic carbocycles. The molecule has 1 aromatic heterocycles. The van der Waals surface area contributed by atoms with E-state index >= 15 is 0 Å². The molecule has 1 spiro atoms. The van der Waals surface area contributed by atoms with Crippen LogP contribution < -0.4 is 4.90 Å². The molecule has 2 heterocycles. The number of allylic oxidation sites excluding steroid dienone is 1. The van der Waals surface area contributed by atoms with Crippen molar-refractivity contribution in [3.63, 3.8) is 0 Å². The van der Waals surface area contributed by atoms with Gasteiger partial charge in [-0.2, -0.15) is 0 Å². The summed E-state index contributed by atoms with van der Waals surface area (Å²) in [5, 5.41) is 9.75. The fourth-order valence-electron chi connectivity index (χ4n) is 6.63. The van der Waals surface area contributed by atoms with E-state index < -0.39 is 0 Å². The summed E-state index contributed by atoms with van der Waals surface area (Å²) in [4.78, 5) is 5.99. The van der Waals surface area contributed by atoms with Crippen molar-refractivity contribution >= 4 is 31.5 Å². The van der Waals surface area contributed by atoms with Gasteiger partial charge in [-0.15, -0.1) is 0 Å². The molecular weight excluding hydrogens is 505 g/mol. The van der Waals surface area contributed by atoms with Crippen molar-refractivity contribution in [3.05, 3.63) is 111 Å². The fourth-order valence-corrected chi connectivity index (χ4v) is 9.66. The van der Waals surface area contributed by atoms with Crippen molar-refractivity contribution in [2.45, 2.75) is 31.1 Å². The van der Waals surface area contributed by atoms with Crippen molar-refractivity contribution in [2.75, 3.05) is 11.9 Å². The zero-order valence-corrected chi connectivity index (χ0v) is 21.7. The predicted octanol–water partition coefficient (Wildman–Crippen LogP) is 7.53. The van der Waals surface area contributed by atoms with Gasteiger partial charge in [0.15, 0.2) is 0 Å². The third-order valence-corrected chi connectivity index (χ3v) is 11.2. The third-order valence-electron chi connectivity index (χ3n) is 8.26. The van der Waals surface area contributed by atoms with Crippen LogP contribution in [0.2, 0.25) is 0 Å². The molecule has 4 aromatic rings. The molecule has 0 unspecified atom stereocenters. The van der Waals surface area contributed by atoms with Gasteiger partial charge in [-0.05, 0) is 0 Å². The molecule has 0 saturated heterocycles. The second-order valence-corrected chi connectivity index (χ2v) is 12.2. The molecule has 7 rings (SSSR count). The van der Waals surface area contributed by atoms with Crippen molar-refractivity contribution in [2.24, 2.45) is 0 Å². The molecule has 1 aliphatic heterocycles. The van der Waals surface area contributed by atoms with Gasteiger partial charge in [0.05, 0.1) is 0 Å². The molecule has 1 saturated carbocycles. The minimum absolute atomic E-state index is 0.168. The topological polar surface area (TPSA) is 31.4 Å². The molecule has 0 amide bonds. The van der Waals surface area contributed by atoms with E-state index in [1.165, 1.54) is 52.6 Å². The predicted molar refractivity (Wildman–Crippen MR) is 146 cm³/mol. The molecule has 0 N–H and O–H groups in total. The van der Waals surface area contributed by atoms with Gasteiger partial charge in [0.1, 0.15) is 0 Å². The first-order chi connectivity index (χ1) is 17.7. The summed E-state index contributed by atoms with van der Waals surface area (Å²) < 4.78 is 3.01. The maximum absolute atomic E-state index is 9.75. The molecule has 0 atom stereocenters. The summed E-state index contributed by atoms with van der Waals surface area (Å²) in [7, 11) is 2.21. The second-order valence-electron chi connectivity index (χ2n) is 9.94. The Morgan fingerprint density at radius 2 is 1.64 bits per heavy atom. The number of benzene rings is 3. The van der Waals surface area contributed by atoms with Crippen LogP contribution in [0.4, 0.5) is 11.4 Å². The zero-order chi connectivity index (χ0) is 24.4. The van der Waals surface area contributed by atoms with Crippen molar-refractivity contribution in [3.8, 4) is 27.2 Å². The van der Waals surface area contributed by atoms with Gasteiger partial charge in [-0.1, -0.05) is 0 Å². The molecule has 36 heavy (non-hydrogen) atoms. The minimum atomic E-state index is 0.168. The molecule has 172 valence electrons. The molecule has 3 aromatic carbocycles. The Hall–Kier alpha value is -3.82. The van der Waals surface area contributed by atoms with Gasteiger partial charge < -0.3 is 0 Å². The van der Waals surface area contributed by atoms with Gasteiger partial charge in [-0.3, -0.25) is 0 Å².